The summed E-state index contributed by atoms with van der Waals surface area (Å²) < 4.78 is 4.53. The molecule has 2 aromatic rings. The number of hydrogen-bond donors (Lipinski definition) is 1. The summed E-state index contributed by atoms with van der Waals surface area (Å²) in [6, 6.07) is 0. The lowest BCUT2D eigenvalue weighted by atomic mass is 10.3. The molecule has 1 fully saturated rings. The molecule has 2 atom stereocenters. The average molecular weight is 317 g/mol. The number of fused-ring (bicyclic) bond motifs is 1. The number of aromatic nitrogens is 4. The molecule has 0 aliphatic heterocycles. The van der Waals surface area contributed by atoms with Crippen molar-refractivity contribution < 1.29 is 0 Å². The van der Waals surface area contributed by atoms with E-state index < -0.39 is 0 Å². The lowest BCUT2D eigenvalue weighted by molar-refractivity contribution is 0.697. The molecule has 0 saturated heterocycles. The summed E-state index contributed by atoms with van der Waals surface area (Å²) in [7, 11) is 3.15. The van der Waals surface area contributed by atoms with Crippen LogP contribution in [0.25, 0.3) is 11.2 Å². The van der Waals surface area contributed by atoms with E-state index in [0.717, 1.165) is 16.8 Å². The quantitative estimate of drug-likeness (QED) is 0.830. The fourth-order valence-electron chi connectivity index (χ4n) is 3.03. The van der Waals surface area contributed by atoms with Gasteiger partial charge in [0.15, 0.2) is 11.2 Å². The summed E-state index contributed by atoms with van der Waals surface area (Å²) in [5, 5.41) is 0. The first-order valence-electron chi connectivity index (χ1n) is 7.86. The van der Waals surface area contributed by atoms with Crippen molar-refractivity contribution in [1.29, 1.82) is 0 Å². The smallest absolute Gasteiger partial charge is 0.330 e. The number of allylic oxidation sites excluding steroid dienone is 2. The molecule has 124 valence electrons. The summed E-state index contributed by atoms with van der Waals surface area (Å²) in [4.78, 5) is 29.4. The van der Waals surface area contributed by atoms with E-state index in [4.69, 9.17) is 5.73 Å². The monoisotopic (exact) mass is 317 g/mol. The van der Waals surface area contributed by atoms with E-state index >= 15 is 0 Å². The number of nitrogens with zero attached hydrogens (tertiary/aromatic N) is 4. The van der Waals surface area contributed by atoms with E-state index in [9.17, 15) is 9.59 Å². The molecule has 2 N–H and O–H groups in total. The molecule has 0 radical (unpaired) electrons. The van der Waals surface area contributed by atoms with Crippen LogP contribution in [0.1, 0.15) is 32.0 Å². The second-order valence-electron chi connectivity index (χ2n) is 6.58. The van der Waals surface area contributed by atoms with Gasteiger partial charge in [0.2, 0.25) is 0 Å². The molecule has 0 bridgehead atoms. The van der Waals surface area contributed by atoms with Crippen LogP contribution in [0.15, 0.2) is 21.2 Å². The van der Waals surface area contributed by atoms with E-state index in [1.54, 1.807) is 7.05 Å². The molecule has 0 amide bonds. The van der Waals surface area contributed by atoms with Crippen LogP contribution in [-0.2, 0) is 20.6 Å². The summed E-state index contributed by atoms with van der Waals surface area (Å²) in [6.45, 7) is 5.24. The van der Waals surface area contributed by atoms with E-state index in [-0.39, 0.29) is 17.2 Å². The maximum absolute atomic E-state index is 12.6. The Morgan fingerprint density at radius 2 is 2.00 bits per heavy atom. The predicted octanol–water partition coefficient (Wildman–Crippen LogP) is 0.462. The van der Waals surface area contributed by atoms with E-state index in [1.807, 2.05) is 18.4 Å². The van der Waals surface area contributed by atoms with Gasteiger partial charge in [0.05, 0.1) is 0 Å². The van der Waals surface area contributed by atoms with Crippen molar-refractivity contribution in [3.8, 4) is 0 Å². The predicted molar refractivity (Wildman–Crippen MR) is 89.5 cm³/mol. The molecule has 7 nitrogen and oxygen atoms in total. The van der Waals surface area contributed by atoms with Crippen LogP contribution >= 0.6 is 0 Å². The maximum atomic E-state index is 12.6. The topological polar surface area (TPSA) is 87.8 Å². The lowest BCUT2D eigenvalue weighted by Gasteiger charge is -2.07. The van der Waals surface area contributed by atoms with Crippen LogP contribution < -0.4 is 17.0 Å². The van der Waals surface area contributed by atoms with Crippen molar-refractivity contribution in [3.63, 3.8) is 0 Å². The maximum Gasteiger partial charge on any atom is 0.332 e. The summed E-state index contributed by atoms with van der Waals surface area (Å²) >= 11 is 0. The molecule has 2 heterocycles. The molecular formula is C16H23N5O2. The van der Waals surface area contributed by atoms with Gasteiger partial charge in [0.1, 0.15) is 5.82 Å². The third kappa shape index (κ3) is 2.45. The summed E-state index contributed by atoms with van der Waals surface area (Å²) in [5.41, 5.74) is 7.23. The molecule has 1 aliphatic rings. The average Bonchev–Trinajstić information content (AvgIpc) is 3.21. The Balaban J connectivity index is 2.30. The highest BCUT2D eigenvalue weighted by atomic mass is 16.2. The van der Waals surface area contributed by atoms with Crippen LogP contribution in [0.3, 0.4) is 0 Å². The van der Waals surface area contributed by atoms with Gasteiger partial charge >= 0.3 is 5.69 Å². The Labute approximate surface area is 134 Å². The fraction of sp³-hybridized carbons (Fsp3) is 0.562. The van der Waals surface area contributed by atoms with Gasteiger partial charge in [-0.2, -0.15) is 0 Å². The zero-order valence-electron chi connectivity index (χ0n) is 14.0. The molecule has 0 aromatic carbocycles. The van der Waals surface area contributed by atoms with Gasteiger partial charge in [0.25, 0.3) is 5.56 Å². The van der Waals surface area contributed by atoms with Crippen molar-refractivity contribution in [3.05, 3.63) is 38.3 Å². The van der Waals surface area contributed by atoms with Crippen molar-refractivity contribution in [2.24, 2.45) is 25.7 Å². The van der Waals surface area contributed by atoms with Crippen LogP contribution in [0.2, 0.25) is 0 Å². The molecule has 7 heteroatoms. The Morgan fingerprint density at radius 1 is 1.30 bits per heavy atom. The molecule has 2 aromatic heterocycles. The van der Waals surface area contributed by atoms with E-state index in [0.29, 0.717) is 30.2 Å². The standard InChI is InChI=1S/C16H23N5O2/c1-9(2)5-6-21-12-14(18-13(21)11-7-10(11)8-17)19(3)16(23)20(4)15(12)22/h5,10-11H,6-8,17H2,1-4H3. The number of nitrogens with two attached hydrogens (primary N) is 1. The number of aryl methyl sites for hydroxylation is 1. The van der Waals surface area contributed by atoms with Gasteiger partial charge in [-0.3, -0.25) is 13.9 Å². The van der Waals surface area contributed by atoms with E-state index in [1.165, 1.54) is 17.2 Å². The van der Waals surface area contributed by atoms with Crippen molar-refractivity contribution in [2.45, 2.75) is 32.7 Å². The SMILES string of the molecule is CC(C)=CCn1c(C2CC2CN)nc2c1c(=O)n(C)c(=O)n2C. The number of rotatable bonds is 4. The minimum Gasteiger partial charge on any atom is -0.330 e. The second-order valence-corrected chi connectivity index (χ2v) is 6.58. The van der Waals surface area contributed by atoms with Gasteiger partial charge in [-0.15, -0.1) is 0 Å². The normalized spacial score (nSPS) is 20.0. The highest BCUT2D eigenvalue weighted by Crippen LogP contribution is 2.46. The Bertz CT molecular complexity index is 911. The first-order chi connectivity index (χ1) is 10.9. The zero-order chi connectivity index (χ0) is 16.9. The highest BCUT2D eigenvalue weighted by molar-refractivity contribution is 5.71. The minimum atomic E-state index is -0.355. The highest BCUT2D eigenvalue weighted by Gasteiger charge is 2.41. The molecule has 2 unspecified atom stereocenters. The lowest BCUT2D eigenvalue weighted by Crippen LogP contribution is -2.37. The van der Waals surface area contributed by atoms with Crippen molar-refractivity contribution in [1.82, 2.24) is 18.7 Å². The molecule has 23 heavy (non-hydrogen) atoms. The van der Waals surface area contributed by atoms with Gasteiger partial charge in [-0.25, -0.2) is 9.78 Å². The minimum absolute atomic E-state index is 0.276. The first-order valence-corrected chi connectivity index (χ1v) is 7.86. The molecular weight excluding hydrogens is 294 g/mol. The second kappa shape index (κ2) is 5.49. The fourth-order valence-corrected chi connectivity index (χ4v) is 3.03. The number of imidazole rings is 1. The van der Waals surface area contributed by atoms with Gasteiger partial charge in [-0.1, -0.05) is 11.6 Å². The third-order valence-electron chi connectivity index (χ3n) is 4.62. The van der Waals surface area contributed by atoms with Crippen molar-refractivity contribution >= 4 is 11.2 Å². The van der Waals surface area contributed by atoms with Gasteiger partial charge < -0.3 is 10.3 Å². The first kappa shape index (κ1) is 15.7. The molecule has 3 rings (SSSR count). The van der Waals surface area contributed by atoms with E-state index in [2.05, 4.69) is 11.1 Å². The molecule has 1 saturated carbocycles. The Morgan fingerprint density at radius 3 is 2.57 bits per heavy atom. The van der Waals surface area contributed by atoms with Crippen LogP contribution in [0, 0.1) is 5.92 Å². The molecule has 1 aliphatic carbocycles. The third-order valence-corrected chi connectivity index (χ3v) is 4.62. The van der Waals surface area contributed by atoms with Crippen LogP contribution in [-0.4, -0.2) is 25.2 Å². The zero-order valence-corrected chi connectivity index (χ0v) is 14.0. The largest absolute Gasteiger partial charge is 0.332 e. The van der Waals surface area contributed by atoms with Gasteiger partial charge in [-0.05, 0) is 32.7 Å². The Hall–Kier alpha value is -2.15. The van der Waals surface area contributed by atoms with Crippen molar-refractivity contribution in [2.75, 3.05) is 6.54 Å². The molecule has 0 spiro atoms. The van der Waals surface area contributed by atoms with Crippen LogP contribution in [0.5, 0.6) is 0 Å². The van der Waals surface area contributed by atoms with Gasteiger partial charge in [0, 0.05) is 26.6 Å². The summed E-state index contributed by atoms with van der Waals surface area (Å²) in [5.74, 6) is 1.56. The van der Waals surface area contributed by atoms with Crippen LogP contribution in [0.4, 0.5) is 0 Å². The Kier molecular flexibility index (Phi) is 3.75. The summed E-state index contributed by atoms with van der Waals surface area (Å²) in [6.07, 6.45) is 3.05. The number of hydrogen-bond acceptors (Lipinski definition) is 4.